The fraction of sp³-hybridized carbons (Fsp3) is 0.600. The molecule has 1 unspecified atom stereocenters. The van der Waals surface area contributed by atoms with E-state index in [0.717, 1.165) is 18.9 Å². The summed E-state index contributed by atoms with van der Waals surface area (Å²) in [4.78, 5) is 9.13. The number of alkyl halides is 3. The van der Waals surface area contributed by atoms with Gasteiger partial charge in [-0.1, -0.05) is 0 Å². The molecule has 100 valence electrons. The summed E-state index contributed by atoms with van der Waals surface area (Å²) in [5, 5.41) is 0. The monoisotopic (exact) mass is 261 g/mol. The van der Waals surface area contributed by atoms with Crippen LogP contribution in [0.1, 0.15) is 25.5 Å². The first-order valence-electron chi connectivity index (χ1n) is 5.61. The summed E-state index contributed by atoms with van der Waals surface area (Å²) in [6.07, 6.45) is -2.62. The fourth-order valence-electron chi connectivity index (χ4n) is 2.06. The fourth-order valence-corrected chi connectivity index (χ4v) is 2.06. The number of hydrogen-bond acceptors (Lipinski definition) is 5. The summed E-state index contributed by atoms with van der Waals surface area (Å²) >= 11 is 0. The summed E-state index contributed by atoms with van der Waals surface area (Å²) in [6.45, 7) is 2.65. The van der Waals surface area contributed by atoms with Crippen LogP contribution >= 0.6 is 0 Å². The number of halogens is 3. The highest BCUT2D eigenvalue weighted by atomic mass is 19.4. The van der Waals surface area contributed by atoms with E-state index in [0.29, 0.717) is 6.54 Å². The van der Waals surface area contributed by atoms with Crippen LogP contribution in [0.25, 0.3) is 0 Å². The quantitative estimate of drug-likeness (QED) is 0.627. The third-order valence-electron chi connectivity index (χ3n) is 2.98. The second-order valence-corrected chi connectivity index (χ2v) is 4.26. The van der Waals surface area contributed by atoms with E-state index in [4.69, 9.17) is 5.84 Å². The van der Waals surface area contributed by atoms with Crippen molar-refractivity contribution >= 4 is 11.8 Å². The predicted octanol–water partition coefficient (Wildman–Crippen LogP) is 1.77. The van der Waals surface area contributed by atoms with Crippen molar-refractivity contribution in [3.8, 4) is 0 Å². The number of aromatic nitrogens is 2. The summed E-state index contributed by atoms with van der Waals surface area (Å²) in [7, 11) is 0. The highest BCUT2D eigenvalue weighted by molar-refractivity contribution is 5.46. The van der Waals surface area contributed by atoms with Gasteiger partial charge in [-0.2, -0.15) is 18.2 Å². The van der Waals surface area contributed by atoms with Crippen molar-refractivity contribution in [2.24, 2.45) is 5.84 Å². The van der Waals surface area contributed by atoms with Gasteiger partial charge in [0.05, 0.1) is 0 Å². The molecule has 1 fully saturated rings. The normalized spacial score (nSPS) is 20.3. The molecule has 1 aliphatic heterocycles. The Morgan fingerprint density at radius 1 is 1.44 bits per heavy atom. The lowest BCUT2D eigenvalue weighted by Gasteiger charge is -2.23. The number of nitrogens with two attached hydrogens (primary N) is 1. The van der Waals surface area contributed by atoms with Crippen LogP contribution in [0.4, 0.5) is 24.9 Å². The second kappa shape index (κ2) is 4.60. The molecule has 5 nitrogen and oxygen atoms in total. The van der Waals surface area contributed by atoms with Crippen molar-refractivity contribution in [2.75, 3.05) is 16.9 Å². The summed E-state index contributed by atoms with van der Waals surface area (Å²) in [5.41, 5.74) is 1.08. The minimum absolute atomic E-state index is 0.173. The van der Waals surface area contributed by atoms with Crippen molar-refractivity contribution in [1.82, 2.24) is 9.97 Å². The van der Waals surface area contributed by atoms with E-state index in [2.05, 4.69) is 15.4 Å². The van der Waals surface area contributed by atoms with Crippen LogP contribution in [0.15, 0.2) is 6.07 Å². The smallest absolute Gasteiger partial charge is 0.354 e. The van der Waals surface area contributed by atoms with E-state index in [1.807, 2.05) is 11.8 Å². The Hall–Kier alpha value is -1.57. The number of nitrogen functional groups attached to an aromatic ring is 1. The summed E-state index contributed by atoms with van der Waals surface area (Å²) in [6, 6.07) is 1.13. The van der Waals surface area contributed by atoms with Gasteiger partial charge in [-0.3, -0.25) is 5.43 Å². The van der Waals surface area contributed by atoms with E-state index in [1.165, 1.54) is 0 Å². The zero-order valence-electron chi connectivity index (χ0n) is 9.83. The standard InChI is InChI=1S/C10H14F3N5/c1-6-3-2-4-18(6)8-5-7(10(11,12)13)15-9(16-8)17-14/h5-6H,2-4,14H2,1H3,(H,15,16,17). The molecular formula is C10H14F3N5. The van der Waals surface area contributed by atoms with E-state index in [-0.39, 0.29) is 17.8 Å². The minimum Gasteiger partial charge on any atom is -0.354 e. The van der Waals surface area contributed by atoms with Crippen molar-refractivity contribution in [2.45, 2.75) is 32.0 Å². The Kier molecular flexibility index (Phi) is 3.29. The van der Waals surface area contributed by atoms with Gasteiger partial charge in [0.1, 0.15) is 5.82 Å². The first-order valence-corrected chi connectivity index (χ1v) is 5.61. The zero-order chi connectivity index (χ0) is 13.3. The first kappa shape index (κ1) is 12.9. The number of nitrogens with one attached hydrogen (secondary N) is 1. The van der Waals surface area contributed by atoms with Crippen LogP contribution in [0, 0.1) is 0 Å². The number of hydrogen-bond donors (Lipinski definition) is 2. The van der Waals surface area contributed by atoms with Gasteiger partial charge in [-0.25, -0.2) is 10.8 Å². The van der Waals surface area contributed by atoms with E-state index < -0.39 is 11.9 Å². The molecule has 8 heteroatoms. The van der Waals surface area contributed by atoms with E-state index >= 15 is 0 Å². The lowest BCUT2D eigenvalue weighted by atomic mass is 10.2. The van der Waals surface area contributed by atoms with Crippen LogP contribution < -0.4 is 16.2 Å². The molecule has 0 aliphatic carbocycles. The maximum Gasteiger partial charge on any atom is 0.433 e. The van der Waals surface area contributed by atoms with Crippen LogP contribution in [0.2, 0.25) is 0 Å². The van der Waals surface area contributed by atoms with Crippen LogP contribution in [-0.4, -0.2) is 22.6 Å². The molecule has 1 aliphatic rings. The van der Waals surface area contributed by atoms with Crippen LogP contribution in [0.3, 0.4) is 0 Å². The van der Waals surface area contributed by atoms with Gasteiger partial charge < -0.3 is 4.90 Å². The predicted molar refractivity (Wildman–Crippen MR) is 60.9 cm³/mol. The minimum atomic E-state index is -4.51. The molecule has 0 amide bonds. The maximum absolute atomic E-state index is 12.7. The first-order chi connectivity index (χ1) is 8.41. The molecule has 1 atom stereocenters. The highest BCUT2D eigenvalue weighted by Gasteiger charge is 2.35. The molecule has 1 aromatic rings. The molecule has 1 aromatic heterocycles. The average Bonchev–Trinajstić information content (AvgIpc) is 2.73. The molecule has 0 aromatic carbocycles. The molecule has 1 saturated heterocycles. The van der Waals surface area contributed by atoms with Gasteiger partial charge in [0.2, 0.25) is 5.95 Å². The molecule has 2 rings (SSSR count). The topological polar surface area (TPSA) is 67.1 Å². The SMILES string of the molecule is CC1CCCN1c1cc(C(F)(F)F)nc(NN)n1. The number of nitrogens with zero attached hydrogens (tertiary/aromatic N) is 3. The van der Waals surface area contributed by atoms with Crippen molar-refractivity contribution in [3.63, 3.8) is 0 Å². The molecule has 3 N–H and O–H groups in total. The summed E-state index contributed by atoms with van der Waals surface area (Å²) in [5.74, 6) is 5.14. The van der Waals surface area contributed by atoms with Gasteiger partial charge in [0.25, 0.3) is 0 Å². The summed E-state index contributed by atoms with van der Waals surface area (Å²) < 4.78 is 38.1. The van der Waals surface area contributed by atoms with Gasteiger partial charge in [-0.05, 0) is 19.8 Å². The molecule has 0 bridgehead atoms. The Labute approximate surface area is 102 Å². The molecular weight excluding hydrogens is 247 g/mol. The van der Waals surface area contributed by atoms with Crippen LogP contribution in [-0.2, 0) is 6.18 Å². The lowest BCUT2D eigenvalue weighted by molar-refractivity contribution is -0.141. The number of hydrazine groups is 1. The third-order valence-corrected chi connectivity index (χ3v) is 2.98. The number of anilines is 2. The largest absolute Gasteiger partial charge is 0.433 e. The molecule has 0 radical (unpaired) electrons. The van der Waals surface area contributed by atoms with Crippen molar-refractivity contribution in [3.05, 3.63) is 11.8 Å². The Morgan fingerprint density at radius 2 is 2.17 bits per heavy atom. The Morgan fingerprint density at radius 3 is 2.67 bits per heavy atom. The van der Waals surface area contributed by atoms with Crippen molar-refractivity contribution in [1.29, 1.82) is 0 Å². The second-order valence-electron chi connectivity index (χ2n) is 4.26. The van der Waals surface area contributed by atoms with E-state index in [9.17, 15) is 13.2 Å². The van der Waals surface area contributed by atoms with Gasteiger partial charge >= 0.3 is 6.18 Å². The third kappa shape index (κ3) is 2.47. The number of rotatable bonds is 2. The van der Waals surface area contributed by atoms with Crippen LogP contribution in [0.5, 0.6) is 0 Å². The van der Waals surface area contributed by atoms with Gasteiger partial charge in [-0.15, -0.1) is 0 Å². The van der Waals surface area contributed by atoms with E-state index in [1.54, 1.807) is 0 Å². The van der Waals surface area contributed by atoms with Gasteiger partial charge in [0.15, 0.2) is 5.69 Å². The Bertz CT molecular complexity index is 434. The highest BCUT2D eigenvalue weighted by Crippen LogP contribution is 2.32. The zero-order valence-corrected chi connectivity index (χ0v) is 9.83. The van der Waals surface area contributed by atoms with Gasteiger partial charge in [0, 0.05) is 18.7 Å². The molecule has 2 heterocycles. The Balaban J connectivity index is 2.41. The average molecular weight is 261 g/mol. The molecule has 0 saturated carbocycles. The maximum atomic E-state index is 12.7. The van der Waals surface area contributed by atoms with Crippen molar-refractivity contribution < 1.29 is 13.2 Å². The molecule has 18 heavy (non-hydrogen) atoms. The lowest BCUT2D eigenvalue weighted by Crippen LogP contribution is -2.28. The molecule has 0 spiro atoms.